The van der Waals surface area contributed by atoms with Gasteiger partial charge in [-0.25, -0.2) is 0 Å². The van der Waals surface area contributed by atoms with Crippen molar-refractivity contribution in [1.82, 2.24) is 0 Å². The van der Waals surface area contributed by atoms with Crippen LogP contribution in [0, 0.1) is 51.8 Å². The first-order chi connectivity index (χ1) is 16.6. The minimum Gasteiger partial charge on any atom is -0.481 e. The van der Waals surface area contributed by atoms with Crippen LogP contribution in [0.1, 0.15) is 66.2 Å². The third kappa shape index (κ3) is 2.73. The van der Waals surface area contributed by atoms with E-state index in [0.29, 0.717) is 11.6 Å². The molecule has 0 unspecified atom stereocenters. The molecule has 4 fully saturated rings. The first-order valence-corrected chi connectivity index (χ1v) is 13.4. The van der Waals surface area contributed by atoms with Crippen LogP contribution in [-0.4, -0.2) is 22.9 Å². The van der Waals surface area contributed by atoms with E-state index < -0.39 is 11.4 Å². The number of carbonyl (C=O) groups excluding carboxylic acids is 2. The molecule has 3 saturated carbocycles. The highest BCUT2D eigenvalue weighted by atomic mass is 16.4. The summed E-state index contributed by atoms with van der Waals surface area (Å²) in [7, 11) is 0. The minimum atomic E-state index is -0.721. The van der Waals surface area contributed by atoms with E-state index in [9.17, 15) is 19.5 Å². The number of carboxylic acid groups (broad SMARTS) is 1. The quantitative estimate of drug-likeness (QED) is 0.449. The lowest BCUT2D eigenvalue weighted by atomic mass is 9.34. The number of imide groups is 1. The van der Waals surface area contributed by atoms with Gasteiger partial charge in [0.15, 0.2) is 0 Å². The summed E-state index contributed by atoms with van der Waals surface area (Å²) in [6.07, 6.45) is 7.58. The summed E-state index contributed by atoms with van der Waals surface area (Å²) >= 11 is 0. The normalized spacial score (nSPS) is 44.1. The SMILES string of the molecule is CC(C)C1=C[C@]23CC[C@@H]4[C@](C)(CCC[C@@]4(C)C(=O)O)[C@@H]2C[C@H]1[C@H]1C(=O)N(c2ccccc2)C(=O)[C@H]13. The molecule has 1 spiro atoms. The van der Waals surface area contributed by atoms with E-state index >= 15 is 0 Å². The largest absolute Gasteiger partial charge is 0.481 e. The summed E-state index contributed by atoms with van der Waals surface area (Å²) in [5.41, 5.74) is 0.789. The molecule has 1 aliphatic heterocycles. The van der Waals surface area contributed by atoms with Crippen molar-refractivity contribution in [1.29, 1.82) is 0 Å². The predicted molar refractivity (Wildman–Crippen MR) is 133 cm³/mol. The van der Waals surface area contributed by atoms with E-state index in [-0.39, 0.29) is 52.2 Å². The van der Waals surface area contributed by atoms with Gasteiger partial charge in [0.05, 0.1) is 22.9 Å². The van der Waals surface area contributed by atoms with Gasteiger partial charge in [0, 0.05) is 5.41 Å². The highest BCUT2D eigenvalue weighted by Gasteiger charge is 2.73. The van der Waals surface area contributed by atoms with Gasteiger partial charge in [0.25, 0.3) is 0 Å². The molecule has 186 valence electrons. The number of aliphatic carboxylic acids is 1. The van der Waals surface area contributed by atoms with E-state index in [0.717, 1.165) is 38.5 Å². The lowest BCUT2D eigenvalue weighted by molar-refractivity contribution is -0.194. The van der Waals surface area contributed by atoms with Crippen molar-refractivity contribution < 1.29 is 19.5 Å². The fourth-order valence-electron chi connectivity index (χ4n) is 9.79. The van der Waals surface area contributed by atoms with Gasteiger partial charge in [-0.3, -0.25) is 19.3 Å². The van der Waals surface area contributed by atoms with Crippen molar-refractivity contribution in [2.45, 2.75) is 66.2 Å². The highest BCUT2D eigenvalue weighted by Crippen LogP contribution is 2.74. The van der Waals surface area contributed by atoms with E-state index in [1.165, 1.54) is 10.5 Å². The maximum atomic E-state index is 14.1. The Morgan fingerprint density at radius 3 is 2.40 bits per heavy atom. The van der Waals surface area contributed by atoms with Gasteiger partial charge < -0.3 is 5.11 Å². The smallest absolute Gasteiger partial charge is 0.309 e. The molecule has 35 heavy (non-hydrogen) atoms. The zero-order valence-corrected chi connectivity index (χ0v) is 21.3. The van der Waals surface area contributed by atoms with Crippen LogP contribution in [0.2, 0.25) is 0 Å². The Morgan fingerprint density at radius 2 is 1.74 bits per heavy atom. The second kappa shape index (κ2) is 7.30. The molecule has 0 aromatic heterocycles. The average Bonchev–Trinajstić information content (AvgIpc) is 3.11. The van der Waals surface area contributed by atoms with E-state index in [1.54, 1.807) is 0 Å². The van der Waals surface area contributed by atoms with Gasteiger partial charge in [0.2, 0.25) is 11.8 Å². The Balaban J connectivity index is 1.50. The average molecular weight is 476 g/mol. The van der Waals surface area contributed by atoms with Crippen LogP contribution in [0.15, 0.2) is 42.0 Å². The fraction of sp³-hybridized carbons (Fsp3) is 0.633. The summed E-state index contributed by atoms with van der Waals surface area (Å²) in [5.74, 6) is -0.668. The number of rotatable bonds is 3. The summed E-state index contributed by atoms with van der Waals surface area (Å²) < 4.78 is 0. The molecule has 1 N–H and O–H groups in total. The molecule has 7 rings (SSSR count). The second-order valence-corrected chi connectivity index (χ2v) is 12.8. The van der Waals surface area contributed by atoms with E-state index in [2.05, 4.69) is 26.8 Å². The number of amides is 2. The molecule has 1 aromatic rings. The summed E-state index contributed by atoms with van der Waals surface area (Å²) in [4.78, 5) is 42.0. The topological polar surface area (TPSA) is 74.7 Å². The predicted octanol–water partition coefficient (Wildman–Crippen LogP) is 5.70. The molecule has 2 bridgehead atoms. The molecular weight excluding hydrogens is 438 g/mol. The fourth-order valence-corrected chi connectivity index (χ4v) is 9.79. The summed E-state index contributed by atoms with van der Waals surface area (Å²) in [6, 6.07) is 9.39. The van der Waals surface area contributed by atoms with E-state index in [1.807, 2.05) is 37.3 Å². The molecule has 1 saturated heterocycles. The van der Waals surface area contributed by atoms with Crippen LogP contribution in [0.4, 0.5) is 5.69 Å². The van der Waals surface area contributed by atoms with Gasteiger partial charge in [-0.1, -0.05) is 57.0 Å². The number of carboxylic acids is 1. The number of benzene rings is 1. The maximum absolute atomic E-state index is 14.1. The first kappa shape index (κ1) is 23.0. The minimum absolute atomic E-state index is 0.0356. The van der Waals surface area contributed by atoms with Gasteiger partial charge in [-0.05, 0) is 80.2 Å². The monoisotopic (exact) mass is 475 g/mol. The summed E-state index contributed by atoms with van der Waals surface area (Å²) in [5, 5.41) is 10.3. The Morgan fingerprint density at radius 1 is 1.03 bits per heavy atom. The van der Waals surface area contributed by atoms with Crippen molar-refractivity contribution in [2.24, 2.45) is 51.8 Å². The molecule has 0 radical (unpaired) electrons. The molecule has 1 heterocycles. The molecular formula is C30H37NO4. The molecule has 5 heteroatoms. The van der Waals surface area contributed by atoms with Crippen molar-refractivity contribution in [3.63, 3.8) is 0 Å². The zero-order valence-electron chi connectivity index (χ0n) is 21.3. The van der Waals surface area contributed by atoms with Gasteiger partial charge in [-0.15, -0.1) is 0 Å². The third-order valence-corrected chi connectivity index (χ3v) is 11.2. The van der Waals surface area contributed by atoms with Crippen LogP contribution < -0.4 is 4.90 Å². The van der Waals surface area contributed by atoms with Crippen molar-refractivity contribution >= 4 is 23.5 Å². The Hall–Kier alpha value is -2.43. The standard InChI is InChI=1S/C30H37NO4/c1-17(2)20-16-30-14-11-21-28(3,12-8-13-29(21,4)27(34)35)22(30)15-19(20)23-24(30)26(33)31(25(23)32)18-9-6-5-7-10-18/h5-7,9-10,16-17,19,21-24H,8,11-15H2,1-4H3,(H,34,35)/t19-,21-,22+,23-,24+,28+,29-,30-/m1/s1. The number of nitrogens with zero attached hydrogens (tertiary/aromatic N) is 1. The molecule has 8 atom stereocenters. The zero-order chi connectivity index (χ0) is 24.9. The molecule has 5 nitrogen and oxygen atoms in total. The number of carbonyl (C=O) groups is 3. The van der Waals surface area contributed by atoms with Crippen LogP contribution in [-0.2, 0) is 14.4 Å². The Labute approximate surface area is 208 Å². The van der Waals surface area contributed by atoms with Crippen molar-refractivity contribution in [2.75, 3.05) is 4.90 Å². The molecule has 5 aliphatic carbocycles. The van der Waals surface area contributed by atoms with E-state index in [4.69, 9.17) is 0 Å². The van der Waals surface area contributed by atoms with Crippen LogP contribution in [0.5, 0.6) is 0 Å². The van der Waals surface area contributed by atoms with Gasteiger partial charge >= 0.3 is 5.97 Å². The van der Waals surface area contributed by atoms with Crippen LogP contribution in [0.25, 0.3) is 0 Å². The van der Waals surface area contributed by atoms with Gasteiger partial charge in [-0.2, -0.15) is 0 Å². The Kier molecular flexibility index (Phi) is 4.80. The number of hydrogen-bond acceptors (Lipinski definition) is 3. The van der Waals surface area contributed by atoms with Crippen LogP contribution in [0.3, 0.4) is 0 Å². The molecule has 6 aliphatic rings. The molecule has 2 amide bonds. The van der Waals surface area contributed by atoms with Crippen LogP contribution >= 0.6 is 0 Å². The highest BCUT2D eigenvalue weighted by molar-refractivity contribution is 6.22. The van der Waals surface area contributed by atoms with Crippen molar-refractivity contribution in [3.8, 4) is 0 Å². The molecule has 1 aromatic carbocycles. The maximum Gasteiger partial charge on any atom is 0.309 e. The van der Waals surface area contributed by atoms with Crippen molar-refractivity contribution in [3.05, 3.63) is 42.0 Å². The van der Waals surface area contributed by atoms with Gasteiger partial charge in [0.1, 0.15) is 0 Å². The number of fused-ring (bicyclic) bond motifs is 1. The number of hydrogen-bond donors (Lipinski definition) is 1. The third-order valence-electron chi connectivity index (χ3n) is 11.2. The second-order valence-electron chi connectivity index (χ2n) is 12.8. The Bertz CT molecular complexity index is 1140. The first-order valence-electron chi connectivity index (χ1n) is 13.4. The number of para-hydroxylation sites is 1. The lowest BCUT2D eigenvalue weighted by Crippen LogP contribution is -2.65. The number of anilines is 1. The lowest BCUT2D eigenvalue weighted by Gasteiger charge is -2.68. The summed E-state index contributed by atoms with van der Waals surface area (Å²) in [6.45, 7) is 8.69. The number of allylic oxidation sites excluding steroid dienone is 2.